The Kier molecular flexibility index (Phi) is 7.21. The van der Waals surface area contributed by atoms with Gasteiger partial charge in [-0.05, 0) is 25.5 Å². The van der Waals surface area contributed by atoms with Crippen molar-refractivity contribution < 1.29 is 42.2 Å². The second-order valence-electron chi connectivity index (χ2n) is 10.8. The van der Waals surface area contributed by atoms with Gasteiger partial charge in [-0.1, -0.05) is 38.5 Å². The highest BCUT2D eigenvalue weighted by atomic mass is 32.2. The van der Waals surface area contributed by atoms with Crippen LogP contribution in [0.2, 0.25) is 0 Å². The number of carboxylic acid groups (broad SMARTS) is 1. The number of unbranched alkanes of at least 4 members (excludes halogenated alkanes) is 1. The molecule has 3 aromatic rings. The number of carboxylic acids is 1. The Morgan fingerprint density at radius 2 is 1.95 bits per heavy atom. The summed E-state index contributed by atoms with van der Waals surface area (Å²) in [6.07, 6.45) is 4.05. The van der Waals surface area contributed by atoms with Crippen molar-refractivity contribution in [2.75, 3.05) is 19.4 Å². The number of sulfone groups is 1. The van der Waals surface area contributed by atoms with E-state index in [0.29, 0.717) is 33.7 Å². The minimum atomic E-state index is -3.64. The van der Waals surface area contributed by atoms with Gasteiger partial charge in [0.05, 0.1) is 23.1 Å². The minimum Gasteiger partial charge on any atom is -0.474 e. The first-order chi connectivity index (χ1) is 19.3. The maximum atomic E-state index is 14.4. The molecule has 0 saturated carbocycles. The fourth-order valence-corrected chi connectivity index (χ4v) is 9.04. The highest BCUT2D eigenvalue weighted by molar-refractivity contribution is 7.91. The standard InChI is InChI=1S/C28H31N3O8S2/c1-5-6-12-31-21(25(33)34)20(19-13-30-15-29-23(24(30)40-19)41(4,37)38)16(2)22(31)28(17(3)32,27(31)36)14-39-26(35)18-10-8-7-9-11-18/h7-11,13,15-17,22,32H,5-6,12,14H2,1-4H3/p+1/t16-,17+,22+,28-,31?/m0/s1. The van der Waals surface area contributed by atoms with E-state index in [0.717, 1.165) is 17.6 Å². The van der Waals surface area contributed by atoms with E-state index in [1.165, 1.54) is 17.7 Å². The normalized spacial score (nSPS) is 26.6. The van der Waals surface area contributed by atoms with E-state index in [1.54, 1.807) is 36.5 Å². The number of aliphatic hydroxyl groups is 1. The third-order valence-electron chi connectivity index (χ3n) is 8.41. The molecule has 2 aliphatic heterocycles. The van der Waals surface area contributed by atoms with Crippen molar-refractivity contribution in [3.8, 4) is 0 Å². The van der Waals surface area contributed by atoms with E-state index >= 15 is 0 Å². The van der Waals surface area contributed by atoms with Crippen molar-refractivity contribution in [2.45, 2.75) is 50.8 Å². The average Bonchev–Trinajstić information content (AvgIpc) is 3.56. The van der Waals surface area contributed by atoms with Crippen molar-refractivity contribution in [3.05, 3.63) is 59.0 Å². The number of thiazole rings is 1. The number of amides is 1. The van der Waals surface area contributed by atoms with E-state index in [1.807, 2.05) is 13.8 Å². The van der Waals surface area contributed by atoms with E-state index in [2.05, 4.69) is 4.98 Å². The lowest BCUT2D eigenvalue weighted by Gasteiger charge is -2.59. The number of aliphatic carboxylic acids is 1. The maximum Gasteiger partial charge on any atom is 0.391 e. The molecule has 2 aromatic heterocycles. The summed E-state index contributed by atoms with van der Waals surface area (Å²) in [6.45, 7) is 5.01. The number of ether oxygens (including phenoxy) is 1. The summed E-state index contributed by atoms with van der Waals surface area (Å²) in [5.41, 5.74) is -0.943. The molecule has 2 N–H and O–H groups in total. The highest BCUT2D eigenvalue weighted by Crippen LogP contribution is 2.62. The van der Waals surface area contributed by atoms with Crippen LogP contribution in [0.3, 0.4) is 0 Å². The van der Waals surface area contributed by atoms with Crippen LogP contribution in [0.15, 0.2) is 53.6 Å². The number of carbonyl (C=O) groups excluding carboxylic acids is 2. The zero-order valence-corrected chi connectivity index (χ0v) is 24.7. The van der Waals surface area contributed by atoms with Gasteiger partial charge < -0.3 is 14.9 Å². The maximum absolute atomic E-state index is 14.4. The molecule has 0 aliphatic carbocycles. The van der Waals surface area contributed by atoms with Gasteiger partial charge >= 0.3 is 17.8 Å². The third-order valence-corrected chi connectivity index (χ3v) is 10.7. The SMILES string of the molecule is CCCC[N+]12C(=O)[C@@](COC(=O)c3ccccc3)([C@@H](C)O)[C@H]1[C@@H](C)C(c1cn3cnc(S(C)(=O)=O)c3s1)=C2C(=O)O. The molecule has 4 heterocycles. The molecule has 1 amide bonds. The van der Waals surface area contributed by atoms with Crippen LogP contribution in [0.25, 0.3) is 10.4 Å². The number of fused-ring (bicyclic) bond motifs is 2. The summed E-state index contributed by atoms with van der Waals surface area (Å²) in [7, 11) is -3.64. The van der Waals surface area contributed by atoms with Crippen LogP contribution in [0, 0.1) is 11.3 Å². The second kappa shape index (κ2) is 10.2. The molecule has 11 nitrogen and oxygen atoms in total. The Labute approximate surface area is 241 Å². The monoisotopic (exact) mass is 602 g/mol. The summed E-state index contributed by atoms with van der Waals surface area (Å²) in [5, 5.41) is 21.6. The van der Waals surface area contributed by atoms with Gasteiger partial charge in [0.25, 0.3) is 0 Å². The predicted molar refractivity (Wildman–Crippen MR) is 150 cm³/mol. The lowest BCUT2D eigenvalue weighted by Crippen LogP contribution is -2.83. The number of esters is 1. The van der Waals surface area contributed by atoms with Crippen LogP contribution in [-0.4, -0.2) is 81.9 Å². The summed E-state index contributed by atoms with van der Waals surface area (Å²) < 4.78 is 31.3. The molecule has 1 saturated heterocycles. The number of rotatable bonds is 10. The fraction of sp³-hybridized carbons (Fsp3) is 0.429. The number of hydrogen-bond donors (Lipinski definition) is 2. The number of carbonyl (C=O) groups is 3. The minimum absolute atomic E-state index is 0.0926. The van der Waals surface area contributed by atoms with Crippen molar-refractivity contribution in [1.82, 2.24) is 9.38 Å². The smallest absolute Gasteiger partial charge is 0.391 e. The molecule has 0 radical (unpaired) electrons. The molecule has 5 atom stereocenters. The molecule has 1 aromatic carbocycles. The first-order valence-electron chi connectivity index (χ1n) is 13.3. The molecule has 1 fully saturated rings. The van der Waals surface area contributed by atoms with Crippen molar-refractivity contribution in [2.24, 2.45) is 11.3 Å². The second-order valence-corrected chi connectivity index (χ2v) is 13.8. The van der Waals surface area contributed by atoms with Gasteiger partial charge in [-0.2, -0.15) is 0 Å². The van der Waals surface area contributed by atoms with Crippen LogP contribution in [0.5, 0.6) is 0 Å². The number of aromatic nitrogens is 2. The molecule has 13 heteroatoms. The van der Waals surface area contributed by atoms with Gasteiger partial charge in [0, 0.05) is 23.9 Å². The molecular formula is C28H32N3O8S2+. The van der Waals surface area contributed by atoms with Crippen LogP contribution in [0.4, 0.5) is 0 Å². The van der Waals surface area contributed by atoms with E-state index in [4.69, 9.17) is 4.74 Å². The predicted octanol–water partition coefficient (Wildman–Crippen LogP) is 2.99. The van der Waals surface area contributed by atoms with Crippen LogP contribution < -0.4 is 0 Å². The number of imidazole rings is 1. The van der Waals surface area contributed by atoms with Gasteiger partial charge in [-0.15, -0.1) is 11.3 Å². The zero-order chi connectivity index (χ0) is 29.9. The summed E-state index contributed by atoms with van der Waals surface area (Å²) in [5.74, 6) is -2.98. The number of hydrogen-bond acceptors (Lipinski definition) is 9. The number of aliphatic hydroxyl groups excluding tert-OH is 1. The Morgan fingerprint density at radius 1 is 1.27 bits per heavy atom. The van der Waals surface area contributed by atoms with Gasteiger partial charge in [0.1, 0.15) is 23.8 Å². The Morgan fingerprint density at radius 3 is 2.54 bits per heavy atom. The molecule has 0 bridgehead atoms. The van der Waals surface area contributed by atoms with Crippen molar-refractivity contribution in [1.29, 1.82) is 0 Å². The lowest BCUT2D eigenvalue weighted by molar-refractivity contribution is -0.885. The van der Waals surface area contributed by atoms with Gasteiger partial charge in [-0.3, -0.25) is 4.40 Å². The van der Waals surface area contributed by atoms with Crippen LogP contribution >= 0.6 is 11.3 Å². The third kappa shape index (κ3) is 4.17. The quantitative estimate of drug-likeness (QED) is 0.203. The zero-order valence-electron chi connectivity index (χ0n) is 23.1. The first kappa shape index (κ1) is 29.1. The summed E-state index contributed by atoms with van der Waals surface area (Å²) >= 11 is 1.09. The largest absolute Gasteiger partial charge is 0.474 e. The molecule has 1 unspecified atom stereocenters. The van der Waals surface area contributed by atoms with Crippen molar-refractivity contribution >= 4 is 49.4 Å². The molecule has 218 valence electrons. The molecule has 5 rings (SSSR count). The topological polar surface area (TPSA) is 152 Å². The molecule has 0 spiro atoms. The highest BCUT2D eigenvalue weighted by Gasteiger charge is 2.83. The lowest BCUT2D eigenvalue weighted by atomic mass is 9.62. The van der Waals surface area contributed by atoms with Crippen LogP contribution in [-0.2, 0) is 24.2 Å². The van der Waals surface area contributed by atoms with E-state index in [9.17, 15) is 33.0 Å². The number of quaternary nitrogens is 1. The Hall–Kier alpha value is -3.39. The van der Waals surface area contributed by atoms with Crippen LogP contribution in [0.1, 0.15) is 48.8 Å². The van der Waals surface area contributed by atoms with E-state index in [-0.39, 0.29) is 17.3 Å². The summed E-state index contributed by atoms with van der Waals surface area (Å²) in [6, 6.07) is 7.57. The van der Waals surface area contributed by atoms with Gasteiger partial charge in [0.15, 0.2) is 20.3 Å². The summed E-state index contributed by atoms with van der Waals surface area (Å²) in [4.78, 5) is 45.0. The Bertz CT molecular complexity index is 1690. The average molecular weight is 603 g/mol. The Balaban J connectivity index is 1.64. The van der Waals surface area contributed by atoms with Gasteiger partial charge in [-0.25, -0.2) is 32.3 Å². The number of benzene rings is 1. The molecule has 2 aliphatic rings. The number of nitrogens with zero attached hydrogens (tertiary/aromatic N) is 3. The molecular weight excluding hydrogens is 570 g/mol. The van der Waals surface area contributed by atoms with Crippen molar-refractivity contribution in [3.63, 3.8) is 0 Å². The first-order valence-corrected chi connectivity index (χ1v) is 16.0. The fourth-order valence-electron chi connectivity index (χ4n) is 6.69. The van der Waals surface area contributed by atoms with Gasteiger partial charge in [0.2, 0.25) is 5.70 Å². The molecule has 41 heavy (non-hydrogen) atoms. The number of β-lactam (4-membered cyclic amide) rings is 1. The van der Waals surface area contributed by atoms with E-state index < -0.39 is 62.3 Å².